The van der Waals surface area contributed by atoms with Crippen LogP contribution in [0.2, 0.25) is 0 Å². The first-order valence-electron chi connectivity index (χ1n) is 10.5. The first-order valence-corrected chi connectivity index (χ1v) is 11.7. The number of amides is 1. The monoisotopic (exact) mass is 521 g/mol. The Balaban J connectivity index is 3.72. The normalized spacial score (nSPS) is 25.3. The van der Waals surface area contributed by atoms with E-state index in [0.29, 0.717) is 0 Å². The van der Waals surface area contributed by atoms with Crippen molar-refractivity contribution in [2.24, 2.45) is 0 Å². The maximum Gasteiger partial charge on any atom is 0.348 e. The van der Waals surface area contributed by atoms with Gasteiger partial charge in [0, 0.05) is 41.0 Å². The van der Waals surface area contributed by atoms with E-state index >= 15 is 0 Å². The first kappa shape index (κ1) is 30.2. The van der Waals surface area contributed by atoms with Crippen LogP contribution in [-0.4, -0.2) is 91.1 Å². The summed E-state index contributed by atoms with van der Waals surface area (Å²) in [5.41, 5.74) is 0. The third kappa shape index (κ3) is 8.69. The van der Waals surface area contributed by atoms with Crippen molar-refractivity contribution in [2.45, 2.75) is 76.4 Å². The van der Waals surface area contributed by atoms with Crippen molar-refractivity contribution >= 4 is 47.5 Å². The number of ether oxygens (including phenoxy) is 6. The van der Waals surface area contributed by atoms with Crippen LogP contribution in [0.1, 0.15) is 41.0 Å². The van der Waals surface area contributed by atoms with Crippen molar-refractivity contribution in [3.8, 4) is 0 Å². The van der Waals surface area contributed by atoms with Crippen LogP contribution < -0.4 is 5.32 Å². The summed E-state index contributed by atoms with van der Waals surface area (Å²) in [6.45, 7) is 5.08. The van der Waals surface area contributed by atoms with Gasteiger partial charge in [-0.05, 0) is 6.26 Å². The molecule has 1 saturated heterocycles. The number of nitrogens with one attached hydrogen (secondary N) is 1. The van der Waals surface area contributed by atoms with Crippen LogP contribution in [0.3, 0.4) is 0 Å². The number of carbonyl (C=O) groups is 6. The molecular formula is C21H31NO12S. The zero-order valence-electron chi connectivity index (χ0n) is 20.6. The lowest BCUT2D eigenvalue weighted by Gasteiger charge is -2.48. The van der Waals surface area contributed by atoms with Crippen LogP contribution in [0, 0.1) is 0 Å². The molecule has 0 spiro atoms. The van der Waals surface area contributed by atoms with Gasteiger partial charge in [0.05, 0.1) is 13.2 Å². The fraction of sp³-hybridized carbons (Fsp3) is 0.714. The molecule has 0 bridgehead atoms. The van der Waals surface area contributed by atoms with Crippen LogP contribution in [-0.2, 0) is 57.2 Å². The second kappa shape index (κ2) is 13.3. The van der Waals surface area contributed by atoms with Crippen LogP contribution in [0.25, 0.3) is 0 Å². The molecule has 35 heavy (non-hydrogen) atoms. The fourth-order valence-corrected chi connectivity index (χ4v) is 4.40. The van der Waals surface area contributed by atoms with E-state index in [0.717, 1.165) is 46.6 Å². The minimum absolute atomic E-state index is 0.225. The molecule has 1 aliphatic rings. The van der Waals surface area contributed by atoms with Gasteiger partial charge in [0.25, 0.3) is 0 Å². The van der Waals surface area contributed by atoms with Crippen molar-refractivity contribution in [3.05, 3.63) is 0 Å². The van der Waals surface area contributed by atoms with Crippen LogP contribution in [0.15, 0.2) is 0 Å². The molecule has 1 fully saturated rings. The van der Waals surface area contributed by atoms with Crippen LogP contribution in [0.5, 0.6) is 0 Å². The quantitative estimate of drug-likeness (QED) is 0.298. The fourth-order valence-electron chi connectivity index (χ4n) is 3.61. The Morgan fingerprint density at radius 1 is 0.971 bits per heavy atom. The summed E-state index contributed by atoms with van der Waals surface area (Å²) in [5, 5.41) is 2.59. The number of hydrogen-bond acceptors (Lipinski definition) is 13. The lowest BCUT2D eigenvalue weighted by molar-refractivity contribution is -0.224. The predicted molar refractivity (Wildman–Crippen MR) is 119 cm³/mol. The minimum atomic E-state index is -1.75. The molecule has 0 aromatic carbocycles. The Morgan fingerprint density at radius 2 is 1.57 bits per heavy atom. The average Bonchev–Trinajstić information content (AvgIpc) is 2.74. The number of rotatable bonds is 10. The van der Waals surface area contributed by atoms with Crippen molar-refractivity contribution in [2.75, 3.05) is 20.0 Å². The van der Waals surface area contributed by atoms with E-state index in [1.807, 2.05) is 0 Å². The molecule has 0 radical (unpaired) electrons. The smallest absolute Gasteiger partial charge is 0.348 e. The van der Waals surface area contributed by atoms with Crippen LogP contribution >= 0.6 is 11.8 Å². The summed E-state index contributed by atoms with van der Waals surface area (Å²) in [6.07, 6.45) is -4.17. The van der Waals surface area contributed by atoms with E-state index in [9.17, 15) is 28.8 Å². The van der Waals surface area contributed by atoms with Gasteiger partial charge < -0.3 is 33.7 Å². The predicted octanol–water partition coefficient (Wildman–Crippen LogP) is -0.129. The summed E-state index contributed by atoms with van der Waals surface area (Å²) in [7, 11) is 1.13. The van der Waals surface area contributed by atoms with Gasteiger partial charge in [-0.25, -0.2) is 4.79 Å². The number of esters is 5. The molecular weight excluding hydrogens is 490 g/mol. The molecule has 198 valence electrons. The molecule has 1 amide bonds. The maximum absolute atomic E-state index is 12.8. The summed E-state index contributed by atoms with van der Waals surface area (Å²) < 4.78 is 32.1. The van der Waals surface area contributed by atoms with Gasteiger partial charge in [0.2, 0.25) is 10.8 Å². The molecule has 1 heterocycles. The second-order valence-electron chi connectivity index (χ2n) is 7.63. The third-order valence-corrected chi connectivity index (χ3v) is 5.91. The highest BCUT2D eigenvalue weighted by Gasteiger charge is 2.58. The molecule has 1 aliphatic heterocycles. The van der Waals surface area contributed by atoms with E-state index in [1.165, 1.54) is 6.92 Å². The molecule has 1 N–H and O–H groups in total. The zero-order valence-corrected chi connectivity index (χ0v) is 21.4. The Morgan fingerprint density at radius 3 is 2.00 bits per heavy atom. The molecule has 6 atom stereocenters. The Kier molecular flexibility index (Phi) is 11.4. The van der Waals surface area contributed by atoms with E-state index in [2.05, 4.69) is 5.32 Å². The summed E-state index contributed by atoms with van der Waals surface area (Å²) in [5.74, 6) is -4.45. The van der Waals surface area contributed by atoms with E-state index < -0.39 is 77.8 Å². The Hall–Kier alpha value is -2.87. The Labute approximate surface area is 206 Å². The van der Waals surface area contributed by atoms with Crippen molar-refractivity contribution < 1.29 is 57.2 Å². The largest absolute Gasteiger partial charge is 0.466 e. The Bertz CT molecular complexity index is 833. The first-order chi connectivity index (χ1) is 16.3. The molecule has 14 heteroatoms. The molecule has 6 unspecified atom stereocenters. The van der Waals surface area contributed by atoms with Crippen LogP contribution in [0.4, 0.5) is 0 Å². The number of methoxy groups -OCH3 is 1. The standard InChI is InChI=1S/C21H31NO12S/c1-10(23)22-17-15(31-12(3)25)8-21(35-7,20(28)29-6)34-19(17)18(33-14(5)27)16(32-13(4)26)9-30-11(2)24/h15-19H,8-9H2,1-7H3,(H,22,23). The number of thioether (sulfide) groups is 1. The number of carbonyl (C=O) groups excluding carboxylic acids is 6. The van der Waals surface area contributed by atoms with Gasteiger partial charge in [-0.3, -0.25) is 24.0 Å². The molecule has 0 aromatic heterocycles. The lowest BCUT2D eigenvalue weighted by atomic mass is 9.89. The van der Waals surface area contributed by atoms with E-state index in [1.54, 1.807) is 6.26 Å². The molecule has 1 rings (SSSR count). The maximum atomic E-state index is 12.8. The molecule has 0 aliphatic carbocycles. The molecule has 13 nitrogen and oxygen atoms in total. The van der Waals surface area contributed by atoms with E-state index in [4.69, 9.17) is 28.4 Å². The average molecular weight is 522 g/mol. The highest BCUT2D eigenvalue weighted by Crippen LogP contribution is 2.41. The van der Waals surface area contributed by atoms with E-state index in [-0.39, 0.29) is 6.42 Å². The van der Waals surface area contributed by atoms with Crippen molar-refractivity contribution in [1.82, 2.24) is 5.32 Å². The summed E-state index contributed by atoms with van der Waals surface area (Å²) >= 11 is 0.927. The molecule has 0 saturated carbocycles. The topological polar surface area (TPSA) is 170 Å². The van der Waals surface area contributed by atoms with Gasteiger partial charge >= 0.3 is 29.8 Å². The molecule has 0 aromatic rings. The van der Waals surface area contributed by atoms with Crippen molar-refractivity contribution in [1.29, 1.82) is 0 Å². The van der Waals surface area contributed by atoms with Gasteiger partial charge in [0.1, 0.15) is 18.8 Å². The van der Waals surface area contributed by atoms with Gasteiger partial charge in [-0.15, -0.1) is 11.8 Å². The summed E-state index contributed by atoms with van der Waals surface area (Å²) in [6, 6.07) is -1.17. The third-order valence-electron chi connectivity index (χ3n) is 4.82. The summed E-state index contributed by atoms with van der Waals surface area (Å²) in [4.78, 5) is 70.2. The highest BCUT2D eigenvalue weighted by molar-refractivity contribution is 8.00. The van der Waals surface area contributed by atoms with Gasteiger partial charge in [-0.2, -0.15) is 0 Å². The minimum Gasteiger partial charge on any atom is -0.466 e. The SMILES string of the molecule is COC(=O)C1(SC)CC(OC(C)=O)C(NC(C)=O)C(C(OC(C)=O)C(COC(C)=O)OC(C)=O)O1. The number of hydrogen-bond donors (Lipinski definition) is 1. The highest BCUT2D eigenvalue weighted by atomic mass is 32.2. The zero-order chi connectivity index (χ0) is 26.9. The lowest BCUT2D eigenvalue weighted by Crippen LogP contribution is -2.68. The van der Waals surface area contributed by atoms with Crippen molar-refractivity contribution in [3.63, 3.8) is 0 Å². The van der Waals surface area contributed by atoms with Gasteiger partial charge in [0.15, 0.2) is 12.2 Å². The van der Waals surface area contributed by atoms with Gasteiger partial charge in [-0.1, -0.05) is 0 Å². The second-order valence-corrected chi connectivity index (χ2v) is 8.70.